The molecule has 252 valence electrons. The van der Waals surface area contributed by atoms with Gasteiger partial charge in [0.15, 0.2) is 23.0 Å². The molecule has 1 heterocycles. The van der Waals surface area contributed by atoms with E-state index in [9.17, 15) is 40.9 Å². The molecule has 0 radical (unpaired) electrons. The van der Waals surface area contributed by atoms with E-state index in [1.807, 2.05) is 72.8 Å². The third kappa shape index (κ3) is 4.06. The molecule has 10 heteroatoms. The fourth-order valence-electron chi connectivity index (χ4n) is 7.67. The number of rotatable bonds is 3. The third-order valence-electron chi connectivity index (χ3n) is 10.1. The van der Waals surface area contributed by atoms with Crippen LogP contribution in [0.5, 0.6) is 46.0 Å². The molecule has 0 amide bonds. The summed E-state index contributed by atoms with van der Waals surface area (Å²) in [6.07, 6.45) is 0. The summed E-state index contributed by atoms with van der Waals surface area (Å²) in [6.45, 7) is 0. The van der Waals surface area contributed by atoms with E-state index in [0.29, 0.717) is 16.3 Å². The molecule has 9 rings (SSSR count). The molecule has 0 saturated heterocycles. The van der Waals surface area contributed by atoms with Crippen molar-refractivity contribution in [3.05, 3.63) is 103 Å². The second kappa shape index (κ2) is 10.9. The van der Waals surface area contributed by atoms with Crippen LogP contribution in [-0.4, -0.2) is 48.7 Å². The van der Waals surface area contributed by atoms with E-state index < -0.39 is 57.1 Å². The maximum absolute atomic E-state index is 11.7. The molecule has 0 aliphatic rings. The van der Waals surface area contributed by atoms with Crippen LogP contribution in [0.3, 0.4) is 0 Å². The number of phenolic OH excluding ortho intramolecular Hbond substituents is 8. The van der Waals surface area contributed by atoms with Gasteiger partial charge in [-0.15, -0.1) is 0 Å². The lowest BCUT2D eigenvalue weighted by Crippen LogP contribution is -2.10. The summed E-state index contributed by atoms with van der Waals surface area (Å²) in [5, 5.41) is 93.4. The maximum atomic E-state index is 11.7. The number of benzene rings is 8. The van der Waals surface area contributed by atoms with Crippen LogP contribution in [-0.2, 0) is 0 Å². The summed E-state index contributed by atoms with van der Waals surface area (Å²) in [5.41, 5.74) is 2.45. The van der Waals surface area contributed by atoms with Crippen molar-refractivity contribution in [2.45, 2.75) is 0 Å². The van der Waals surface area contributed by atoms with Crippen LogP contribution >= 0.6 is 0 Å². The van der Waals surface area contributed by atoms with Crippen LogP contribution in [0.2, 0.25) is 0 Å². The fraction of sp³-hybridized carbons (Fsp3) is 0. The Morgan fingerprint density at radius 1 is 0.365 bits per heavy atom. The first-order valence-corrected chi connectivity index (χ1v) is 16.3. The lowest BCUT2D eigenvalue weighted by atomic mass is 9.78. The van der Waals surface area contributed by atoms with Crippen molar-refractivity contribution in [1.29, 1.82) is 0 Å². The molecule has 1 aromatic heterocycles. The first-order chi connectivity index (χ1) is 25.1. The van der Waals surface area contributed by atoms with Gasteiger partial charge >= 0.3 is 0 Å². The minimum Gasteiger partial charge on any atom is -0.508 e. The number of fused-ring (bicyclic) bond motifs is 7. The van der Waals surface area contributed by atoms with Gasteiger partial charge in [-0.2, -0.15) is 0 Å². The predicted molar refractivity (Wildman–Crippen MR) is 204 cm³/mol. The topological polar surface area (TPSA) is 175 Å². The molecule has 0 aliphatic carbocycles. The fourth-order valence-corrected chi connectivity index (χ4v) is 7.67. The molecule has 9 nitrogen and oxygen atoms in total. The van der Waals surface area contributed by atoms with Gasteiger partial charge < -0.3 is 45.3 Å². The van der Waals surface area contributed by atoms with Crippen LogP contribution in [0.25, 0.3) is 87.6 Å². The summed E-state index contributed by atoms with van der Waals surface area (Å²) in [5.74, 6) is -8.20. The van der Waals surface area contributed by atoms with E-state index in [0.717, 1.165) is 54.6 Å². The van der Waals surface area contributed by atoms with Crippen LogP contribution < -0.4 is 5.46 Å². The van der Waals surface area contributed by atoms with Crippen LogP contribution in [0.15, 0.2) is 108 Å². The molecule has 8 aromatic carbocycles. The zero-order valence-electron chi connectivity index (χ0n) is 27.3. The minimum atomic E-state index is -1.21. The van der Waals surface area contributed by atoms with E-state index in [2.05, 4.69) is 30.3 Å². The molecule has 0 aliphatic heterocycles. The Hall–Kier alpha value is -7.20. The Balaban J connectivity index is 1.33. The molecule has 8 N–H and O–H groups in total. The van der Waals surface area contributed by atoms with E-state index in [4.69, 9.17) is 4.42 Å². The van der Waals surface area contributed by atoms with E-state index in [1.165, 1.54) is 7.85 Å². The second-order valence-corrected chi connectivity index (χ2v) is 12.9. The van der Waals surface area contributed by atoms with Crippen LogP contribution in [0.4, 0.5) is 0 Å². The smallest absolute Gasteiger partial charge is 0.208 e. The number of hydrogen-bond donors (Lipinski definition) is 8. The summed E-state index contributed by atoms with van der Waals surface area (Å²) in [6, 6.07) is 33.5. The molecular formula is C42H27BO9. The van der Waals surface area contributed by atoms with Crippen molar-refractivity contribution in [1.82, 2.24) is 0 Å². The Kier molecular flexibility index (Phi) is 6.46. The quantitative estimate of drug-likeness (QED) is 0.0397. The highest BCUT2D eigenvalue weighted by molar-refractivity contribution is 6.41. The van der Waals surface area contributed by atoms with E-state index >= 15 is 0 Å². The zero-order chi connectivity index (χ0) is 36.2. The molecule has 52 heavy (non-hydrogen) atoms. The van der Waals surface area contributed by atoms with Gasteiger partial charge in [-0.05, 0) is 61.7 Å². The molecule has 0 spiro atoms. The van der Waals surface area contributed by atoms with Crippen molar-refractivity contribution >= 4 is 67.6 Å². The standard InChI is InChI=1S/C42H27BO9/c43-33-30(35(45)36(46)31(34(33)44)32-37(47)39(49)41(51)40(50)38(32)48)29-24-11-5-3-9-22(24)28(23-10-4-6-12-25(23)29)19-14-15-21-26-16-13-18-7-1-2-8-20(18)42(26)52-27(21)17-19/h1-17,44-51H,43H2. The van der Waals surface area contributed by atoms with Gasteiger partial charge in [0.05, 0.1) is 11.1 Å². The van der Waals surface area contributed by atoms with E-state index in [-0.39, 0.29) is 11.0 Å². The molecule has 0 saturated carbocycles. The highest BCUT2D eigenvalue weighted by Gasteiger charge is 2.32. The SMILES string of the molecule is Bc1c(O)c(-c2c(O)c(O)c(O)c(O)c2O)c(O)c(O)c1-c1c2ccccc2c(-c2ccc3c(c2)oc2c4ccccc4ccc32)c2ccccc12. The Morgan fingerprint density at radius 3 is 1.44 bits per heavy atom. The monoisotopic (exact) mass is 686 g/mol. The van der Waals surface area contributed by atoms with Crippen molar-refractivity contribution in [2.75, 3.05) is 0 Å². The molecule has 9 aromatic rings. The molecule has 0 atom stereocenters. The number of hydrogen-bond acceptors (Lipinski definition) is 9. The Labute approximate surface area is 294 Å². The van der Waals surface area contributed by atoms with Gasteiger partial charge in [0.2, 0.25) is 17.2 Å². The summed E-state index contributed by atoms with van der Waals surface area (Å²) < 4.78 is 6.52. The lowest BCUT2D eigenvalue weighted by Gasteiger charge is -2.22. The highest BCUT2D eigenvalue weighted by Crippen LogP contribution is 2.60. The minimum absolute atomic E-state index is 0.0510. The van der Waals surface area contributed by atoms with Gasteiger partial charge in [-0.3, -0.25) is 0 Å². The number of furan rings is 1. The van der Waals surface area contributed by atoms with Crippen molar-refractivity contribution in [2.24, 2.45) is 0 Å². The molecule has 0 fully saturated rings. The number of aromatic hydroxyl groups is 8. The Bertz CT molecular complexity index is 2900. The van der Waals surface area contributed by atoms with Crippen LogP contribution in [0.1, 0.15) is 0 Å². The van der Waals surface area contributed by atoms with Gasteiger partial charge in [-0.1, -0.05) is 84.9 Å². The van der Waals surface area contributed by atoms with Crippen molar-refractivity contribution in [3.8, 4) is 79.4 Å². The van der Waals surface area contributed by atoms with Crippen LogP contribution in [0, 0.1) is 0 Å². The second-order valence-electron chi connectivity index (χ2n) is 12.9. The largest absolute Gasteiger partial charge is 0.508 e. The van der Waals surface area contributed by atoms with Crippen molar-refractivity contribution < 1.29 is 45.3 Å². The van der Waals surface area contributed by atoms with Gasteiger partial charge in [0.1, 0.15) is 24.8 Å². The van der Waals surface area contributed by atoms with E-state index in [1.54, 1.807) is 0 Å². The lowest BCUT2D eigenvalue weighted by molar-refractivity contribution is 0.329. The molecule has 0 unspecified atom stereocenters. The third-order valence-corrected chi connectivity index (χ3v) is 10.1. The average molecular weight is 686 g/mol. The Morgan fingerprint density at radius 2 is 0.827 bits per heavy atom. The number of phenols is 8. The first kappa shape index (κ1) is 30.8. The first-order valence-electron chi connectivity index (χ1n) is 16.3. The predicted octanol–water partition coefficient (Wildman–Crippen LogP) is 7.95. The normalized spacial score (nSPS) is 11.8. The highest BCUT2D eigenvalue weighted by atomic mass is 16.4. The molecular weight excluding hydrogens is 659 g/mol. The summed E-state index contributed by atoms with van der Waals surface area (Å²) >= 11 is 0. The van der Waals surface area contributed by atoms with Gasteiger partial charge in [-0.25, -0.2) is 0 Å². The molecule has 0 bridgehead atoms. The van der Waals surface area contributed by atoms with Gasteiger partial charge in [0.25, 0.3) is 0 Å². The summed E-state index contributed by atoms with van der Waals surface area (Å²) in [4.78, 5) is 0. The van der Waals surface area contributed by atoms with Crippen molar-refractivity contribution in [3.63, 3.8) is 0 Å². The zero-order valence-corrected chi connectivity index (χ0v) is 27.3. The maximum Gasteiger partial charge on any atom is 0.208 e. The van der Waals surface area contributed by atoms with Gasteiger partial charge in [0, 0.05) is 27.3 Å². The average Bonchev–Trinajstić information content (AvgIpc) is 3.55. The summed E-state index contributed by atoms with van der Waals surface area (Å²) in [7, 11) is 1.48.